The van der Waals surface area contributed by atoms with Crippen molar-refractivity contribution < 1.29 is 19.4 Å². The van der Waals surface area contributed by atoms with Gasteiger partial charge in [-0.05, 0) is 24.5 Å². The topological polar surface area (TPSA) is 81.8 Å². The summed E-state index contributed by atoms with van der Waals surface area (Å²) in [6.45, 7) is 3.28. The molecule has 116 valence electrons. The van der Waals surface area contributed by atoms with E-state index in [4.69, 9.17) is 20.3 Å². The van der Waals surface area contributed by atoms with Crippen LogP contribution >= 0.6 is 15.9 Å². The van der Waals surface area contributed by atoms with Gasteiger partial charge in [-0.3, -0.25) is 4.79 Å². The van der Waals surface area contributed by atoms with E-state index >= 15 is 0 Å². The van der Waals surface area contributed by atoms with Crippen LogP contribution in [0, 0.1) is 0 Å². The number of benzene rings is 1. The Bertz CT molecular complexity index is 533. The van der Waals surface area contributed by atoms with E-state index in [-0.39, 0.29) is 12.5 Å². The predicted molar refractivity (Wildman–Crippen MR) is 82.9 cm³/mol. The summed E-state index contributed by atoms with van der Waals surface area (Å²) < 4.78 is 12.4. The molecule has 0 aromatic heterocycles. The molecule has 1 aliphatic heterocycles. The minimum absolute atomic E-state index is 0.0468. The SMILES string of the molecule is CCc1c2c(cc(Br)c1C(N)CCC(=O)O)OCCCO2. The van der Waals surface area contributed by atoms with E-state index in [9.17, 15) is 4.79 Å². The van der Waals surface area contributed by atoms with Crippen LogP contribution in [0.5, 0.6) is 11.5 Å². The van der Waals surface area contributed by atoms with Crippen LogP contribution in [-0.4, -0.2) is 24.3 Å². The lowest BCUT2D eigenvalue weighted by Gasteiger charge is -2.21. The first-order valence-electron chi connectivity index (χ1n) is 7.12. The Morgan fingerprint density at radius 3 is 2.86 bits per heavy atom. The fourth-order valence-corrected chi connectivity index (χ4v) is 3.27. The monoisotopic (exact) mass is 357 g/mol. The average molecular weight is 358 g/mol. The predicted octanol–water partition coefficient (Wildman–Crippen LogP) is 3.04. The summed E-state index contributed by atoms with van der Waals surface area (Å²) in [5, 5.41) is 8.82. The lowest BCUT2D eigenvalue weighted by atomic mass is 9.94. The number of nitrogens with two attached hydrogens (primary N) is 1. The van der Waals surface area contributed by atoms with Crippen molar-refractivity contribution in [1.82, 2.24) is 0 Å². The van der Waals surface area contributed by atoms with Crippen molar-refractivity contribution in [3.05, 3.63) is 21.7 Å². The van der Waals surface area contributed by atoms with Crippen molar-refractivity contribution in [3.8, 4) is 11.5 Å². The number of fused-ring (bicyclic) bond motifs is 1. The van der Waals surface area contributed by atoms with E-state index in [1.54, 1.807) is 0 Å². The third-order valence-corrected chi connectivity index (χ3v) is 4.18. The van der Waals surface area contributed by atoms with Gasteiger partial charge in [-0.15, -0.1) is 0 Å². The highest BCUT2D eigenvalue weighted by Crippen LogP contribution is 2.42. The van der Waals surface area contributed by atoms with Crippen LogP contribution in [0.1, 0.15) is 43.4 Å². The molecule has 21 heavy (non-hydrogen) atoms. The molecule has 1 heterocycles. The molecule has 5 nitrogen and oxygen atoms in total. The maximum absolute atomic E-state index is 10.7. The summed E-state index contributed by atoms with van der Waals surface area (Å²) >= 11 is 3.54. The molecule has 1 aromatic rings. The second-order valence-corrected chi connectivity index (χ2v) is 5.88. The lowest BCUT2D eigenvalue weighted by molar-refractivity contribution is -0.137. The van der Waals surface area contributed by atoms with Crippen LogP contribution in [0.15, 0.2) is 10.5 Å². The minimum atomic E-state index is -0.839. The molecule has 1 atom stereocenters. The van der Waals surface area contributed by atoms with Gasteiger partial charge in [0.25, 0.3) is 0 Å². The summed E-state index contributed by atoms with van der Waals surface area (Å²) in [4.78, 5) is 10.7. The first-order chi connectivity index (χ1) is 10.0. The number of ether oxygens (including phenoxy) is 2. The number of halogens is 1. The third-order valence-electron chi connectivity index (χ3n) is 3.52. The quantitative estimate of drug-likeness (QED) is 0.846. The zero-order valence-electron chi connectivity index (χ0n) is 12.0. The molecule has 0 radical (unpaired) electrons. The van der Waals surface area contributed by atoms with Crippen molar-refractivity contribution in [1.29, 1.82) is 0 Å². The second-order valence-electron chi connectivity index (χ2n) is 5.02. The van der Waals surface area contributed by atoms with Crippen molar-refractivity contribution >= 4 is 21.9 Å². The van der Waals surface area contributed by atoms with Crippen LogP contribution < -0.4 is 15.2 Å². The van der Waals surface area contributed by atoms with Gasteiger partial charge in [0.1, 0.15) is 0 Å². The summed E-state index contributed by atoms with van der Waals surface area (Å²) in [7, 11) is 0. The Kier molecular flexibility index (Phi) is 5.47. The molecule has 0 amide bonds. The first kappa shape index (κ1) is 16.1. The van der Waals surface area contributed by atoms with Crippen LogP contribution in [0.25, 0.3) is 0 Å². The highest BCUT2D eigenvalue weighted by atomic mass is 79.9. The van der Waals surface area contributed by atoms with E-state index in [2.05, 4.69) is 15.9 Å². The highest BCUT2D eigenvalue weighted by Gasteiger charge is 2.23. The molecule has 1 aliphatic rings. The molecule has 2 rings (SSSR count). The molecule has 0 saturated carbocycles. The zero-order valence-corrected chi connectivity index (χ0v) is 13.6. The summed E-state index contributed by atoms with van der Waals surface area (Å²) in [6.07, 6.45) is 2.03. The number of carboxylic acid groups (broad SMARTS) is 1. The molecule has 6 heteroatoms. The van der Waals surface area contributed by atoms with E-state index in [1.807, 2.05) is 13.0 Å². The fourth-order valence-electron chi connectivity index (χ4n) is 2.53. The van der Waals surface area contributed by atoms with Gasteiger partial charge in [0.2, 0.25) is 0 Å². The van der Waals surface area contributed by atoms with Crippen molar-refractivity contribution in [2.24, 2.45) is 5.73 Å². The van der Waals surface area contributed by atoms with Crippen LogP contribution in [0.4, 0.5) is 0 Å². The average Bonchev–Trinajstić information content (AvgIpc) is 2.68. The maximum atomic E-state index is 10.7. The molecule has 1 aromatic carbocycles. The molecule has 0 saturated heterocycles. The second kappa shape index (κ2) is 7.13. The van der Waals surface area contributed by atoms with Gasteiger partial charge in [-0.2, -0.15) is 0 Å². The van der Waals surface area contributed by atoms with E-state index < -0.39 is 5.97 Å². The molecule has 0 aliphatic carbocycles. The van der Waals surface area contributed by atoms with E-state index in [1.165, 1.54) is 0 Å². The van der Waals surface area contributed by atoms with Gasteiger partial charge in [0.05, 0.1) is 13.2 Å². The standard InChI is InChI=1S/C15H20BrNO4/c1-2-9-14(11(17)4-5-13(18)19)10(16)8-12-15(9)21-7-3-6-20-12/h8,11H,2-7,17H2,1H3,(H,18,19). The maximum Gasteiger partial charge on any atom is 0.303 e. The Labute approximate surface area is 132 Å². The number of hydrogen-bond donors (Lipinski definition) is 2. The van der Waals surface area contributed by atoms with E-state index in [0.717, 1.165) is 39.9 Å². The molecule has 0 fully saturated rings. The van der Waals surface area contributed by atoms with Crippen molar-refractivity contribution in [2.75, 3.05) is 13.2 Å². The van der Waals surface area contributed by atoms with Crippen molar-refractivity contribution in [2.45, 2.75) is 38.6 Å². The van der Waals surface area contributed by atoms with Gasteiger partial charge >= 0.3 is 5.97 Å². The Hall–Kier alpha value is -1.27. The summed E-state index contributed by atoms with van der Waals surface area (Å²) in [5.41, 5.74) is 8.12. The Morgan fingerprint density at radius 1 is 1.48 bits per heavy atom. The summed E-state index contributed by atoms with van der Waals surface area (Å²) in [6, 6.07) is 1.53. The molecular formula is C15H20BrNO4. The third kappa shape index (κ3) is 3.68. The van der Waals surface area contributed by atoms with E-state index in [0.29, 0.717) is 19.6 Å². The minimum Gasteiger partial charge on any atom is -0.490 e. The molecule has 1 unspecified atom stereocenters. The number of carboxylic acids is 1. The van der Waals surface area contributed by atoms with Gasteiger partial charge in [-0.1, -0.05) is 22.9 Å². The molecular weight excluding hydrogens is 338 g/mol. The van der Waals surface area contributed by atoms with Gasteiger partial charge in [-0.25, -0.2) is 0 Å². The van der Waals surface area contributed by atoms with Crippen LogP contribution in [0.2, 0.25) is 0 Å². The normalized spacial score (nSPS) is 15.4. The molecule has 3 N–H and O–H groups in total. The Balaban J connectivity index is 2.40. The first-order valence-corrected chi connectivity index (χ1v) is 7.92. The number of aliphatic carboxylic acids is 1. The number of carbonyl (C=O) groups is 1. The van der Waals surface area contributed by atoms with Crippen molar-refractivity contribution in [3.63, 3.8) is 0 Å². The highest BCUT2D eigenvalue weighted by molar-refractivity contribution is 9.10. The Morgan fingerprint density at radius 2 is 2.19 bits per heavy atom. The van der Waals surface area contributed by atoms with Gasteiger partial charge in [0, 0.05) is 28.9 Å². The smallest absolute Gasteiger partial charge is 0.303 e. The molecule has 0 bridgehead atoms. The van der Waals surface area contributed by atoms with Crippen LogP contribution in [0.3, 0.4) is 0 Å². The fraction of sp³-hybridized carbons (Fsp3) is 0.533. The van der Waals surface area contributed by atoms with Gasteiger partial charge < -0.3 is 20.3 Å². The van der Waals surface area contributed by atoms with Crippen LogP contribution in [-0.2, 0) is 11.2 Å². The van der Waals surface area contributed by atoms with Gasteiger partial charge in [0.15, 0.2) is 11.5 Å². The number of hydrogen-bond acceptors (Lipinski definition) is 4. The number of rotatable bonds is 5. The lowest BCUT2D eigenvalue weighted by Crippen LogP contribution is -2.16. The largest absolute Gasteiger partial charge is 0.490 e. The summed E-state index contributed by atoms with van der Waals surface area (Å²) in [5.74, 6) is 0.637. The zero-order chi connectivity index (χ0) is 15.4. The molecule has 0 spiro atoms.